The average molecular weight is 471 g/mol. The van der Waals surface area contributed by atoms with E-state index in [1.54, 1.807) is 11.8 Å². The van der Waals surface area contributed by atoms with E-state index in [9.17, 15) is 14.4 Å². The molecule has 9 nitrogen and oxygen atoms in total. The van der Waals surface area contributed by atoms with Crippen LogP contribution >= 0.6 is 0 Å². The summed E-state index contributed by atoms with van der Waals surface area (Å²) in [5.41, 5.74) is 0.560. The van der Waals surface area contributed by atoms with E-state index in [1.165, 1.54) is 0 Å². The van der Waals surface area contributed by atoms with Gasteiger partial charge in [-0.2, -0.15) is 4.98 Å². The summed E-state index contributed by atoms with van der Waals surface area (Å²) in [5, 5.41) is 6.73. The van der Waals surface area contributed by atoms with Gasteiger partial charge in [-0.3, -0.25) is 14.4 Å². The summed E-state index contributed by atoms with van der Waals surface area (Å²) in [4.78, 5) is 45.1. The van der Waals surface area contributed by atoms with E-state index in [-0.39, 0.29) is 29.5 Å². The van der Waals surface area contributed by atoms with Crippen LogP contribution in [0.1, 0.15) is 57.6 Å². The Balaban J connectivity index is 1.69. The first kappa shape index (κ1) is 25.6. The van der Waals surface area contributed by atoms with Gasteiger partial charge in [0.05, 0.1) is 19.3 Å². The maximum absolute atomic E-state index is 13.2. The molecule has 1 saturated heterocycles. The lowest BCUT2D eigenvalue weighted by Gasteiger charge is -2.30. The highest BCUT2D eigenvalue weighted by atomic mass is 16.5. The van der Waals surface area contributed by atoms with E-state index in [2.05, 4.69) is 15.5 Å². The lowest BCUT2D eigenvalue weighted by atomic mass is 9.82. The van der Waals surface area contributed by atoms with Crippen molar-refractivity contribution in [3.63, 3.8) is 0 Å². The Morgan fingerprint density at radius 2 is 1.79 bits per heavy atom. The Kier molecular flexibility index (Phi) is 8.55. The van der Waals surface area contributed by atoms with Crippen molar-refractivity contribution < 1.29 is 23.6 Å². The minimum absolute atomic E-state index is 0.0727. The number of morpholine rings is 1. The number of Topliss-reactive ketones (excluding diaryl/α,β-unsaturated/α-hetero) is 1. The van der Waals surface area contributed by atoms with Gasteiger partial charge in [0.2, 0.25) is 23.4 Å². The second-order valence-electron chi connectivity index (χ2n) is 9.78. The zero-order valence-electron chi connectivity index (χ0n) is 20.4. The van der Waals surface area contributed by atoms with Crippen LogP contribution in [0.5, 0.6) is 0 Å². The van der Waals surface area contributed by atoms with Crippen molar-refractivity contribution in [2.45, 2.75) is 53.0 Å². The lowest BCUT2D eigenvalue weighted by molar-refractivity contribution is -0.140. The summed E-state index contributed by atoms with van der Waals surface area (Å²) in [5.74, 6) is -1.23. The molecule has 184 valence electrons. The van der Waals surface area contributed by atoms with E-state index in [0.29, 0.717) is 45.0 Å². The number of ether oxygens (including phenoxy) is 1. The third kappa shape index (κ3) is 6.96. The highest BCUT2D eigenvalue weighted by Crippen LogP contribution is 2.27. The van der Waals surface area contributed by atoms with Crippen LogP contribution in [0.4, 0.5) is 0 Å². The summed E-state index contributed by atoms with van der Waals surface area (Å²) >= 11 is 0. The molecule has 1 unspecified atom stereocenters. The molecule has 2 amide bonds. The predicted molar refractivity (Wildman–Crippen MR) is 126 cm³/mol. The van der Waals surface area contributed by atoms with Crippen molar-refractivity contribution >= 4 is 17.6 Å². The van der Waals surface area contributed by atoms with Crippen LogP contribution in [-0.4, -0.2) is 65.0 Å². The van der Waals surface area contributed by atoms with E-state index in [1.807, 2.05) is 51.1 Å². The number of carbonyl (C=O) groups is 3. The number of amides is 2. The largest absolute Gasteiger partial charge is 0.378 e. The Morgan fingerprint density at radius 3 is 2.41 bits per heavy atom. The van der Waals surface area contributed by atoms with Gasteiger partial charge in [0.15, 0.2) is 0 Å². The standard InChI is InChI=1S/C25H34N4O5/c1-5-19(21(31)24-27-22(28-34-24)17-9-7-6-8-10-17)26-23(32)18(16-25(2,3)4)15-20(30)29-11-13-33-14-12-29/h6-10,18-19H,5,11-16H2,1-4H3,(H,26,32)/t18?,19-/m1/s1. The van der Waals surface area contributed by atoms with Crippen molar-refractivity contribution in [2.24, 2.45) is 11.3 Å². The van der Waals surface area contributed by atoms with Crippen molar-refractivity contribution in [1.82, 2.24) is 20.4 Å². The molecule has 1 aliphatic heterocycles. The number of nitrogens with one attached hydrogen (secondary N) is 1. The first-order chi connectivity index (χ1) is 16.2. The van der Waals surface area contributed by atoms with Crippen LogP contribution in [0.25, 0.3) is 11.4 Å². The quantitative estimate of drug-likeness (QED) is 0.560. The van der Waals surface area contributed by atoms with Crippen LogP contribution in [0.3, 0.4) is 0 Å². The van der Waals surface area contributed by atoms with Crippen LogP contribution in [0, 0.1) is 11.3 Å². The van der Waals surface area contributed by atoms with Gasteiger partial charge < -0.3 is 19.5 Å². The Bertz CT molecular complexity index is 977. The number of nitrogens with zero attached hydrogens (tertiary/aromatic N) is 3. The van der Waals surface area contributed by atoms with Crippen LogP contribution in [-0.2, 0) is 14.3 Å². The smallest absolute Gasteiger partial charge is 0.296 e. The van der Waals surface area contributed by atoms with Crippen molar-refractivity contribution in [1.29, 1.82) is 0 Å². The van der Waals surface area contributed by atoms with Gasteiger partial charge in [-0.15, -0.1) is 0 Å². The van der Waals surface area contributed by atoms with Gasteiger partial charge in [0.1, 0.15) is 0 Å². The highest BCUT2D eigenvalue weighted by Gasteiger charge is 2.33. The zero-order valence-corrected chi connectivity index (χ0v) is 20.4. The fraction of sp³-hybridized carbons (Fsp3) is 0.560. The molecule has 0 radical (unpaired) electrons. The number of carbonyl (C=O) groups excluding carboxylic acids is 3. The molecule has 2 aromatic rings. The van der Waals surface area contributed by atoms with Gasteiger partial charge in [-0.25, -0.2) is 0 Å². The maximum atomic E-state index is 13.2. The highest BCUT2D eigenvalue weighted by molar-refractivity contribution is 5.99. The van der Waals surface area contributed by atoms with Gasteiger partial charge in [-0.1, -0.05) is 63.2 Å². The Morgan fingerprint density at radius 1 is 1.12 bits per heavy atom. The van der Waals surface area contributed by atoms with E-state index in [4.69, 9.17) is 9.26 Å². The molecule has 0 spiro atoms. The molecular formula is C25H34N4O5. The Hall–Kier alpha value is -3.07. The third-order valence-electron chi connectivity index (χ3n) is 5.72. The number of ketones is 1. The number of hydrogen-bond donors (Lipinski definition) is 1. The molecule has 1 N–H and O–H groups in total. The summed E-state index contributed by atoms with van der Waals surface area (Å²) < 4.78 is 10.5. The molecule has 1 aromatic heterocycles. The molecule has 1 aliphatic rings. The van der Waals surface area contributed by atoms with Crippen molar-refractivity contribution in [3.05, 3.63) is 36.2 Å². The SMILES string of the molecule is CC[C@@H](NC(=O)C(CC(=O)N1CCOCC1)CC(C)(C)C)C(=O)c1nc(-c2ccccc2)no1. The Labute approximate surface area is 200 Å². The molecule has 2 atom stereocenters. The normalized spacial score (nSPS) is 16.1. The fourth-order valence-corrected chi connectivity index (χ4v) is 3.97. The van der Waals surface area contributed by atoms with E-state index in [0.717, 1.165) is 5.56 Å². The summed E-state index contributed by atoms with van der Waals surface area (Å²) in [6.07, 6.45) is 0.956. The molecule has 1 fully saturated rings. The van der Waals surface area contributed by atoms with Crippen molar-refractivity contribution in [2.75, 3.05) is 26.3 Å². The summed E-state index contributed by atoms with van der Waals surface area (Å²) in [6, 6.07) is 8.38. The number of hydrogen-bond acceptors (Lipinski definition) is 7. The molecular weight excluding hydrogens is 436 g/mol. The van der Waals surface area contributed by atoms with E-state index < -0.39 is 17.7 Å². The third-order valence-corrected chi connectivity index (χ3v) is 5.72. The zero-order chi connectivity index (χ0) is 24.7. The molecule has 0 aliphatic carbocycles. The number of rotatable bonds is 9. The van der Waals surface area contributed by atoms with Gasteiger partial charge in [-0.05, 0) is 18.3 Å². The number of benzene rings is 1. The van der Waals surface area contributed by atoms with Crippen molar-refractivity contribution in [3.8, 4) is 11.4 Å². The van der Waals surface area contributed by atoms with Gasteiger partial charge >= 0.3 is 0 Å². The average Bonchev–Trinajstić information content (AvgIpc) is 3.32. The molecule has 34 heavy (non-hydrogen) atoms. The molecule has 1 aromatic carbocycles. The predicted octanol–water partition coefficient (Wildman–Crippen LogP) is 3.12. The first-order valence-electron chi connectivity index (χ1n) is 11.8. The second-order valence-corrected chi connectivity index (χ2v) is 9.78. The molecule has 3 rings (SSSR count). The van der Waals surface area contributed by atoms with Gasteiger partial charge in [0.25, 0.3) is 5.89 Å². The first-order valence-corrected chi connectivity index (χ1v) is 11.8. The van der Waals surface area contributed by atoms with Gasteiger partial charge in [0, 0.05) is 31.0 Å². The minimum Gasteiger partial charge on any atom is -0.378 e. The van der Waals surface area contributed by atoms with Crippen LogP contribution < -0.4 is 5.32 Å². The lowest BCUT2D eigenvalue weighted by Crippen LogP contribution is -2.46. The fourth-order valence-electron chi connectivity index (χ4n) is 3.97. The monoisotopic (exact) mass is 470 g/mol. The molecule has 9 heteroatoms. The van der Waals surface area contributed by atoms with E-state index >= 15 is 0 Å². The molecule has 0 bridgehead atoms. The van der Waals surface area contributed by atoms with Crippen LogP contribution in [0.2, 0.25) is 0 Å². The van der Waals surface area contributed by atoms with Crippen LogP contribution in [0.15, 0.2) is 34.9 Å². The topological polar surface area (TPSA) is 115 Å². The molecule has 0 saturated carbocycles. The minimum atomic E-state index is -0.822. The molecule has 2 heterocycles. The summed E-state index contributed by atoms with van der Waals surface area (Å²) in [6.45, 7) is 9.94. The second kappa shape index (κ2) is 11.4. The summed E-state index contributed by atoms with van der Waals surface area (Å²) in [7, 11) is 0. The maximum Gasteiger partial charge on any atom is 0.296 e. The number of aromatic nitrogens is 2.